The second-order valence-electron chi connectivity index (χ2n) is 4.26. The lowest BCUT2D eigenvalue weighted by Gasteiger charge is -2.05. The molecule has 0 spiro atoms. The molecule has 0 atom stereocenters. The molecule has 3 N–H and O–H groups in total. The van der Waals surface area contributed by atoms with Crippen molar-refractivity contribution in [2.24, 2.45) is 7.05 Å². The van der Waals surface area contributed by atoms with Crippen molar-refractivity contribution in [2.75, 3.05) is 12.3 Å². The van der Waals surface area contributed by atoms with Crippen molar-refractivity contribution in [1.82, 2.24) is 15.1 Å². The highest BCUT2D eigenvalue weighted by molar-refractivity contribution is 6.33. The average molecular weight is 279 g/mol. The molecular formula is C13H15ClN4O. The molecule has 1 aromatic carbocycles. The van der Waals surface area contributed by atoms with Gasteiger partial charge in [0.1, 0.15) is 0 Å². The number of amides is 1. The van der Waals surface area contributed by atoms with E-state index in [1.807, 2.05) is 13.2 Å². The maximum Gasteiger partial charge on any atom is 0.251 e. The number of benzene rings is 1. The van der Waals surface area contributed by atoms with Gasteiger partial charge in [-0.25, -0.2) is 0 Å². The molecule has 2 rings (SSSR count). The zero-order valence-corrected chi connectivity index (χ0v) is 11.3. The molecule has 6 heteroatoms. The molecule has 0 fully saturated rings. The number of halogens is 1. The molecule has 0 aliphatic heterocycles. The summed E-state index contributed by atoms with van der Waals surface area (Å²) in [7, 11) is 1.86. The summed E-state index contributed by atoms with van der Waals surface area (Å²) in [6.07, 6.45) is 4.45. The fraction of sp³-hybridized carbons (Fsp3) is 0.231. The molecule has 0 bridgehead atoms. The van der Waals surface area contributed by atoms with E-state index in [1.54, 1.807) is 29.1 Å². The van der Waals surface area contributed by atoms with Crippen LogP contribution in [0.5, 0.6) is 0 Å². The van der Waals surface area contributed by atoms with Crippen LogP contribution < -0.4 is 11.1 Å². The molecule has 0 aliphatic rings. The van der Waals surface area contributed by atoms with Crippen LogP contribution in [0.1, 0.15) is 15.9 Å². The molecular weight excluding hydrogens is 264 g/mol. The Balaban J connectivity index is 1.89. The first-order valence-electron chi connectivity index (χ1n) is 5.87. The molecule has 19 heavy (non-hydrogen) atoms. The molecule has 0 radical (unpaired) electrons. The predicted octanol–water partition coefficient (Wildman–Crippen LogP) is 1.63. The number of hydrogen-bond donors (Lipinski definition) is 2. The Morgan fingerprint density at radius 1 is 1.53 bits per heavy atom. The van der Waals surface area contributed by atoms with Crippen molar-refractivity contribution in [3.63, 3.8) is 0 Å². The lowest BCUT2D eigenvalue weighted by atomic mass is 10.2. The van der Waals surface area contributed by atoms with E-state index in [4.69, 9.17) is 17.3 Å². The van der Waals surface area contributed by atoms with Crippen molar-refractivity contribution in [3.8, 4) is 0 Å². The van der Waals surface area contributed by atoms with Gasteiger partial charge in [-0.2, -0.15) is 5.10 Å². The second kappa shape index (κ2) is 5.75. The van der Waals surface area contributed by atoms with Crippen LogP contribution in [0.4, 0.5) is 5.69 Å². The maximum absolute atomic E-state index is 11.9. The summed E-state index contributed by atoms with van der Waals surface area (Å²) in [5.41, 5.74) is 7.65. The quantitative estimate of drug-likeness (QED) is 0.835. The van der Waals surface area contributed by atoms with Gasteiger partial charge in [-0.1, -0.05) is 11.6 Å². The highest BCUT2D eigenvalue weighted by Gasteiger charge is 2.07. The zero-order valence-electron chi connectivity index (χ0n) is 10.6. The largest absolute Gasteiger partial charge is 0.398 e. The number of nitrogens with zero attached hydrogens (tertiary/aromatic N) is 2. The van der Waals surface area contributed by atoms with Gasteiger partial charge in [0.05, 0.1) is 16.9 Å². The highest BCUT2D eigenvalue weighted by atomic mass is 35.5. The van der Waals surface area contributed by atoms with Crippen LogP contribution in [-0.4, -0.2) is 22.2 Å². The van der Waals surface area contributed by atoms with Crippen LogP contribution in [0.15, 0.2) is 30.6 Å². The predicted molar refractivity (Wildman–Crippen MR) is 75.1 cm³/mol. The molecule has 1 aromatic heterocycles. The first-order valence-corrected chi connectivity index (χ1v) is 6.25. The Morgan fingerprint density at radius 3 is 2.95 bits per heavy atom. The van der Waals surface area contributed by atoms with Gasteiger partial charge in [0.25, 0.3) is 5.91 Å². The summed E-state index contributed by atoms with van der Waals surface area (Å²) >= 11 is 5.87. The van der Waals surface area contributed by atoms with Crippen LogP contribution >= 0.6 is 11.6 Å². The first-order chi connectivity index (χ1) is 9.06. The number of carbonyl (C=O) groups is 1. The number of hydrogen-bond acceptors (Lipinski definition) is 3. The third kappa shape index (κ3) is 3.48. The Kier molecular flexibility index (Phi) is 4.06. The van der Waals surface area contributed by atoms with E-state index in [0.717, 1.165) is 12.0 Å². The SMILES string of the molecule is Cn1cc(CCNC(=O)c2ccc(N)c(Cl)c2)cn1. The summed E-state index contributed by atoms with van der Waals surface area (Å²) in [5.74, 6) is -0.161. The summed E-state index contributed by atoms with van der Waals surface area (Å²) in [4.78, 5) is 11.9. The minimum atomic E-state index is -0.161. The molecule has 1 heterocycles. The van der Waals surface area contributed by atoms with Gasteiger partial charge in [-0.05, 0) is 30.2 Å². The molecule has 100 valence electrons. The Bertz CT molecular complexity index is 594. The summed E-state index contributed by atoms with van der Waals surface area (Å²) < 4.78 is 1.73. The van der Waals surface area contributed by atoms with E-state index in [0.29, 0.717) is 22.8 Å². The number of nitrogens with one attached hydrogen (secondary N) is 1. The molecule has 0 saturated carbocycles. The number of aromatic nitrogens is 2. The van der Waals surface area contributed by atoms with Crippen LogP contribution in [0.25, 0.3) is 0 Å². The van der Waals surface area contributed by atoms with Crippen molar-refractivity contribution in [2.45, 2.75) is 6.42 Å². The Labute approximate surface area is 116 Å². The summed E-state index contributed by atoms with van der Waals surface area (Å²) in [5, 5.41) is 7.28. The average Bonchev–Trinajstić information content (AvgIpc) is 2.78. The topological polar surface area (TPSA) is 72.9 Å². The van der Waals surface area contributed by atoms with Crippen LogP contribution in [0.3, 0.4) is 0 Å². The second-order valence-corrected chi connectivity index (χ2v) is 4.67. The lowest BCUT2D eigenvalue weighted by molar-refractivity contribution is 0.0954. The maximum atomic E-state index is 11.9. The smallest absolute Gasteiger partial charge is 0.251 e. The monoisotopic (exact) mass is 278 g/mol. The van der Waals surface area contributed by atoms with Gasteiger partial charge in [-0.15, -0.1) is 0 Å². The van der Waals surface area contributed by atoms with Gasteiger partial charge < -0.3 is 11.1 Å². The van der Waals surface area contributed by atoms with E-state index in [1.165, 1.54) is 0 Å². The van der Waals surface area contributed by atoms with Crippen LogP contribution in [-0.2, 0) is 13.5 Å². The zero-order chi connectivity index (χ0) is 13.8. The van der Waals surface area contributed by atoms with Gasteiger partial charge in [0.2, 0.25) is 0 Å². The number of rotatable bonds is 4. The summed E-state index contributed by atoms with van der Waals surface area (Å²) in [6.45, 7) is 0.548. The number of nitrogen functional groups attached to an aromatic ring is 1. The number of carbonyl (C=O) groups excluding carboxylic acids is 1. The summed E-state index contributed by atoms with van der Waals surface area (Å²) in [6, 6.07) is 4.84. The van der Waals surface area contributed by atoms with Crippen molar-refractivity contribution >= 4 is 23.2 Å². The van der Waals surface area contributed by atoms with Gasteiger partial charge in [0, 0.05) is 25.4 Å². The number of anilines is 1. The third-order valence-corrected chi connectivity index (χ3v) is 3.05. The van der Waals surface area contributed by atoms with Crippen molar-refractivity contribution in [3.05, 3.63) is 46.7 Å². The van der Waals surface area contributed by atoms with E-state index in [2.05, 4.69) is 10.4 Å². The van der Waals surface area contributed by atoms with Gasteiger partial charge in [-0.3, -0.25) is 9.48 Å². The van der Waals surface area contributed by atoms with Gasteiger partial charge in [0.15, 0.2) is 0 Å². The Morgan fingerprint density at radius 2 is 2.32 bits per heavy atom. The standard InChI is InChI=1S/C13H15ClN4O/c1-18-8-9(7-17-18)4-5-16-13(19)10-2-3-12(15)11(14)6-10/h2-3,6-8H,4-5,15H2,1H3,(H,16,19). The van der Waals surface area contributed by atoms with E-state index < -0.39 is 0 Å². The fourth-order valence-electron chi connectivity index (χ4n) is 1.69. The molecule has 0 saturated heterocycles. The number of aryl methyl sites for hydroxylation is 1. The van der Waals surface area contributed by atoms with Crippen molar-refractivity contribution < 1.29 is 4.79 Å². The third-order valence-electron chi connectivity index (χ3n) is 2.72. The molecule has 5 nitrogen and oxygen atoms in total. The Hall–Kier alpha value is -2.01. The van der Waals surface area contributed by atoms with Crippen LogP contribution in [0, 0.1) is 0 Å². The lowest BCUT2D eigenvalue weighted by Crippen LogP contribution is -2.25. The molecule has 0 unspecified atom stereocenters. The minimum Gasteiger partial charge on any atom is -0.398 e. The van der Waals surface area contributed by atoms with Crippen molar-refractivity contribution in [1.29, 1.82) is 0 Å². The number of nitrogens with two attached hydrogens (primary N) is 1. The van der Waals surface area contributed by atoms with Crippen LogP contribution in [0.2, 0.25) is 5.02 Å². The first kappa shape index (κ1) is 13.4. The van der Waals surface area contributed by atoms with E-state index >= 15 is 0 Å². The minimum absolute atomic E-state index is 0.161. The van der Waals surface area contributed by atoms with E-state index in [9.17, 15) is 4.79 Å². The van der Waals surface area contributed by atoms with Gasteiger partial charge >= 0.3 is 0 Å². The molecule has 2 aromatic rings. The fourth-order valence-corrected chi connectivity index (χ4v) is 1.87. The highest BCUT2D eigenvalue weighted by Crippen LogP contribution is 2.19. The molecule has 1 amide bonds. The molecule has 0 aliphatic carbocycles. The van der Waals surface area contributed by atoms with E-state index in [-0.39, 0.29) is 5.91 Å². The normalized spacial score (nSPS) is 10.4.